The van der Waals surface area contributed by atoms with Crippen molar-refractivity contribution in [1.82, 2.24) is 0 Å². The number of rotatable bonds is 2. The molecule has 0 amide bonds. The standard InChI is InChI=1S/Cu.H4O7P2/c;1-8(2,3)7-9(4,5)6/h;(H2,1,2,3)(H2,4,5,6)/q+1;/p-1. The quantitative estimate of drug-likeness (QED) is 0.398. The van der Waals surface area contributed by atoms with E-state index in [0.29, 0.717) is 0 Å². The van der Waals surface area contributed by atoms with E-state index < -0.39 is 15.6 Å². The summed E-state index contributed by atoms with van der Waals surface area (Å²) in [5.74, 6) is 0. The number of phosphoric acid groups is 2. The summed E-state index contributed by atoms with van der Waals surface area (Å²) >= 11 is 0. The van der Waals surface area contributed by atoms with Gasteiger partial charge in [-0.1, -0.05) is 0 Å². The first kappa shape index (κ1) is 13.4. The van der Waals surface area contributed by atoms with Crippen molar-refractivity contribution < 1.29 is 50.1 Å². The third-order valence-electron chi connectivity index (χ3n) is 0.210. The summed E-state index contributed by atoms with van der Waals surface area (Å²) in [6.07, 6.45) is 0. The Hall–Kier alpha value is 0.779. The van der Waals surface area contributed by atoms with Gasteiger partial charge in [-0.15, -0.1) is 0 Å². The predicted molar refractivity (Wildman–Crippen MR) is 23.0 cm³/mol. The van der Waals surface area contributed by atoms with Crippen molar-refractivity contribution >= 4 is 15.6 Å². The molecule has 0 rings (SSSR count). The molecule has 0 aromatic heterocycles. The second kappa shape index (κ2) is 3.97. The Labute approximate surface area is 66.4 Å². The van der Waals surface area contributed by atoms with Crippen LogP contribution in [0.4, 0.5) is 0 Å². The molecule has 10 heteroatoms. The van der Waals surface area contributed by atoms with Gasteiger partial charge in [-0.25, -0.2) is 8.88 Å². The molecule has 0 aromatic carbocycles. The monoisotopic (exact) mass is 240 g/mol. The van der Waals surface area contributed by atoms with Crippen molar-refractivity contribution in [3.05, 3.63) is 0 Å². The zero-order chi connectivity index (χ0) is 7.71. The van der Waals surface area contributed by atoms with Crippen LogP contribution in [-0.4, -0.2) is 14.7 Å². The molecule has 0 saturated heterocycles. The summed E-state index contributed by atoms with van der Waals surface area (Å²) in [5.41, 5.74) is 0. The zero-order valence-corrected chi connectivity index (χ0v) is 6.90. The first-order chi connectivity index (χ1) is 3.71. The van der Waals surface area contributed by atoms with E-state index in [2.05, 4.69) is 4.31 Å². The van der Waals surface area contributed by atoms with Crippen LogP contribution in [0.1, 0.15) is 0 Å². The first-order valence-corrected chi connectivity index (χ1v) is 4.54. The van der Waals surface area contributed by atoms with Crippen molar-refractivity contribution in [3.8, 4) is 0 Å². The van der Waals surface area contributed by atoms with Crippen molar-refractivity contribution in [1.29, 1.82) is 0 Å². The van der Waals surface area contributed by atoms with E-state index in [9.17, 15) is 14.0 Å². The van der Waals surface area contributed by atoms with E-state index in [-0.39, 0.29) is 17.1 Å². The number of hydrogen-bond acceptors (Lipinski definition) is 4. The van der Waals surface area contributed by atoms with Crippen LogP contribution in [0.15, 0.2) is 0 Å². The van der Waals surface area contributed by atoms with Gasteiger partial charge in [-0.3, -0.25) is 4.57 Å². The van der Waals surface area contributed by atoms with Crippen LogP contribution in [0.25, 0.3) is 0 Å². The van der Waals surface area contributed by atoms with E-state index in [1.807, 2.05) is 0 Å². The average Bonchev–Trinajstić information content (AvgIpc) is 1.14. The van der Waals surface area contributed by atoms with Crippen molar-refractivity contribution in [3.63, 3.8) is 0 Å². The molecule has 7 nitrogen and oxygen atoms in total. The van der Waals surface area contributed by atoms with Gasteiger partial charge in [-0.2, -0.15) is 0 Å². The molecule has 1 unspecified atom stereocenters. The molecule has 0 spiro atoms. The van der Waals surface area contributed by atoms with Gasteiger partial charge >= 0.3 is 24.9 Å². The Kier molecular flexibility index (Phi) is 5.31. The van der Waals surface area contributed by atoms with Gasteiger partial charge in [0.25, 0.3) is 7.82 Å². The SMILES string of the molecule is O=P([O-])(O)OP(=O)(O)O.[Cu+]. The van der Waals surface area contributed by atoms with Crippen molar-refractivity contribution in [2.75, 3.05) is 0 Å². The molecule has 10 heavy (non-hydrogen) atoms. The predicted octanol–water partition coefficient (Wildman–Crippen LogP) is -1.45. The molecule has 0 fully saturated rings. The van der Waals surface area contributed by atoms with Crippen LogP contribution in [0, 0.1) is 0 Å². The van der Waals surface area contributed by atoms with Gasteiger partial charge in [0.2, 0.25) is 0 Å². The first-order valence-electron chi connectivity index (χ1n) is 1.51. The minimum atomic E-state index is -5.30. The molecule has 0 aliphatic rings. The van der Waals surface area contributed by atoms with Crippen LogP contribution in [0.3, 0.4) is 0 Å². The maximum Gasteiger partial charge on any atom is 1.00 e. The molecular weight excluding hydrogens is 237 g/mol. The summed E-state index contributed by atoms with van der Waals surface area (Å²) in [5, 5.41) is 0. The van der Waals surface area contributed by atoms with Crippen LogP contribution >= 0.6 is 15.6 Å². The summed E-state index contributed by atoms with van der Waals surface area (Å²) in [6, 6.07) is 0. The molecule has 3 N–H and O–H groups in total. The maximum absolute atomic E-state index is 9.59. The Balaban J connectivity index is 0. The summed E-state index contributed by atoms with van der Waals surface area (Å²) in [4.78, 5) is 32.6. The second-order valence-corrected chi connectivity index (χ2v) is 3.61. The fourth-order valence-corrected chi connectivity index (χ4v) is 1.21. The molecule has 0 bridgehead atoms. The second-order valence-electron chi connectivity index (χ2n) is 1.04. The van der Waals surface area contributed by atoms with Crippen LogP contribution < -0.4 is 4.89 Å². The summed E-state index contributed by atoms with van der Waals surface area (Å²) in [6.45, 7) is 0. The van der Waals surface area contributed by atoms with Crippen LogP contribution in [0.5, 0.6) is 0 Å². The number of hydrogen-bond donors (Lipinski definition) is 3. The molecule has 0 saturated carbocycles. The van der Waals surface area contributed by atoms with Gasteiger partial charge < -0.3 is 19.6 Å². The Morgan fingerprint density at radius 1 is 1.20 bits per heavy atom. The molecule has 0 radical (unpaired) electrons. The third kappa shape index (κ3) is 11.6. The normalized spacial score (nSPS) is 17.2. The minimum Gasteiger partial charge on any atom is -0.756 e. The molecule has 0 heterocycles. The van der Waals surface area contributed by atoms with Gasteiger partial charge in [0.1, 0.15) is 0 Å². The average molecular weight is 241 g/mol. The van der Waals surface area contributed by atoms with E-state index >= 15 is 0 Å². The van der Waals surface area contributed by atoms with Crippen molar-refractivity contribution in [2.24, 2.45) is 0 Å². The largest absolute Gasteiger partial charge is 1.00 e. The fourth-order valence-electron chi connectivity index (χ4n) is 0.134. The van der Waals surface area contributed by atoms with Crippen LogP contribution in [-0.2, 0) is 30.5 Å². The molecule has 0 aliphatic heterocycles. The Morgan fingerprint density at radius 2 is 1.50 bits per heavy atom. The van der Waals surface area contributed by atoms with Crippen molar-refractivity contribution in [2.45, 2.75) is 0 Å². The summed E-state index contributed by atoms with van der Waals surface area (Å²) in [7, 11) is -10.4. The van der Waals surface area contributed by atoms with Gasteiger partial charge in [0, 0.05) is 0 Å². The molecule has 1 atom stereocenters. The molecular formula is H3CuO7P2. The smallest absolute Gasteiger partial charge is 0.756 e. The third-order valence-corrected chi connectivity index (χ3v) is 1.89. The van der Waals surface area contributed by atoms with E-state index in [1.54, 1.807) is 0 Å². The topological polar surface area (TPSA) is 127 Å². The molecule has 0 aliphatic carbocycles. The molecule has 0 aromatic rings. The van der Waals surface area contributed by atoms with Gasteiger partial charge in [0.15, 0.2) is 0 Å². The fraction of sp³-hybridized carbons (Fsp3) is 0. The minimum absolute atomic E-state index is 0. The van der Waals surface area contributed by atoms with E-state index in [4.69, 9.17) is 14.7 Å². The van der Waals surface area contributed by atoms with Gasteiger partial charge in [0.05, 0.1) is 0 Å². The van der Waals surface area contributed by atoms with E-state index in [0.717, 1.165) is 0 Å². The zero-order valence-electron chi connectivity index (χ0n) is 4.17. The summed E-state index contributed by atoms with van der Waals surface area (Å²) < 4.78 is 21.9. The van der Waals surface area contributed by atoms with Crippen LogP contribution in [0.2, 0.25) is 0 Å². The molecule has 66 valence electrons. The Bertz CT molecular complexity index is 152. The maximum atomic E-state index is 9.59. The van der Waals surface area contributed by atoms with E-state index in [1.165, 1.54) is 0 Å². The Morgan fingerprint density at radius 3 is 1.50 bits per heavy atom. The van der Waals surface area contributed by atoms with Gasteiger partial charge in [-0.05, 0) is 0 Å².